The third-order valence-electron chi connectivity index (χ3n) is 4.11. The fourth-order valence-electron chi connectivity index (χ4n) is 2.84. The molecule has 0 heterocycles. The van der Waals surface area contributed by atoms with Gasteiger partial charge in [-0.3, -0.25) is 0 Å². The molecule has 122 valence electrons. The Morgan fingerprint density at radius 1 is 1.23 bits per heavy atom. The highest BCUT2D eigenvalue weighted by atomic mass is 35.5. The van der Waals surface area contributed by atoms with E-state index in [2.05, 4.69) is 16.0 Å². The van der Waals surface area contributed by atoms with E-state index in [-0.39, 0.29) is 0 Å². The number of aryl methyl sites for hydroxylation is 1. The first-order chi connectivity index (χ1) is 10.6. The van der Waals surface area contributed by atoms with Crippen LogP contribution in [0.2, 0.25) is 5.02 Å². The lowest BCUT2D eigenvalue weighted by Crippen LogP contribution is -2.35. The molecule has 0 radical (unpaired) electrons. The molecule has 2 rings (SSSR count). The molecule has 1 aliphatic rings. The molecule has 0 unspecified atom stereocenters. The van der Waals surface area contributed by atoms with Crippen molar-refractivity contribution in [1.82, 2.24) is 10.6 Å². The maximum atomic E-state index is 5.95. The Labute approximate surface area is 144 Å². The Kier molecular flexibility index (Phi) is 7.43. The van der Waals surface area contributed by atoms with Gasteiger partial charge < -0.3 is 16.0 Å². The van der Waals surface area contributed by atoms with E-state index in [0.717, 1.165) is 41.8 Å². The minimum Gasteiger partial charge on any atom is -0.362 e. The van der Waals surface area contributed by atoms with E-state index in [1.165, 1.54) is 32.1 Å². The van der Waals surface area contributed by atoms with Crippen LogP contribution in [0.3, 0.4) is 0 Å². The van der Waals surface area contributed by atoms with Crippen LogP contribution in [-0.2, 0) is 0 Å². The average molecular weight is 340 g/mol. The summed E-state index contributed by atoms with van der Waals surface area (Å²) >= 11 is 11.3. The fraction of sp³-hybridized carbons (Fsp3) is 0.588. The van der Waals surface area contributed by atoms with Gasteiger partial charge in [-0.25, -0.2) is 0 Å². The van der Waals surface area contributed by atoms with Crippen molar-refractivity contribution >= 4 is 34.6 Å². The number of hydrogen-bond acceptors (Lipinski definition) is 2. The molecule has 0 amide bonds. The Morgan fingerprint density at radius 3 is 2.73 bits per heavy atom. The molecule has 1 aromatic carbocycles. The average Bonchev–Trinajstić information content (AvgIpc) is 2.51. The SMILES string of the molecule is Cc1cc(Cl)ccc1NC(=S)NCCCNC1CCCCC1. The van der Waals surface area contributed by atoms with Gasteiger partial charge in [0.25, 0.3) is 0 Å². The molecular formula is C17H26ClN3S. The van der Waals surface area contributed by atoms with E-state index in [0.29, 0.717) is 5.11 Å². The van der Waals surface area contributed by atoms with Crippen molar-refractivity contribution in [3.63, 3.8) is 0 Å². The smallest absolute Gasteiger partial charge is 0.170 e. The fourth-order valence-corrected chi connectivity index (χ4v) is 3.28. The van der Waals surface area contributed by atoms with Gasteiger partial charge in [-0.1, -0.05) is 30.9 Å². The zero-order valence-corrected chi connectivity index (χ0v) is 14.8. The number of rotatable bonds is 6. The maximum Gasteiger partial charge on any atom is 0.170 e. The highest BCUT2D eigenvalue weighted by Crippen LogP contribution is 2.19. The lowest BCUT2D eigenvalue weighted by Gasteiger charge is -2.22. The van der Waals surface area contributed by atoms with Crippen LogP contribution in [0, 0.1) is 6.92 Å². The zero-order valence-electron chi connectivity index (χ0n) is 13.3. The molecule has 3 N–H and O–H groups in total. The van der Waals surface area contributed by atoms with Gasteiger partial charge in [0.1, 0.15) is 0 Å². The van der Waals surface area contributed by atoms with Crippen molar-refractivity contribution in [2.45, 2.75) is 51.5 Å². The molecule has 1 aromatic rings. The number of anilines is 1. The van der Waals surface area contributed by atoms with Crippen LogP contribution in [0.4, 0.5) is 5.69 Å². The van der Waals surface area contributed by atoms with Crippen LogP contribution in [-0.4, -0.2) is 24.2 Å². The monoisotopic (exact) mass is 339 g/mol. The van der Waals surface area contributed by atoms with Crippen molar-refractivity contribution in [2.24, 2.45) is 0 Å². The van der Waals surface area contributed by atoms with E-state index < -0.39 is 0 Å². The first-order valence-electron chi connectivity index (χ1n) is 8.19. The van der Waals surface area contributed by atoms with Gasteiger partial charge >= 0.3 is 0 Å². The quantitative estimate of drug-likeness (QED) is 0.535. The topological polar surface area (TPSA) is 36.1 Å². The minimum atomic E-state index is 0.670. The number of thiocarbonyl (C=S) groups is 1. The van der Waals surface area contributed by atoms with Gasteiger partial charge in [-0.2, -0.15) is 0 Å². The van der Waals surface area contributed by atoms with Crippen LogP contribution < -0.4 is 16.0 Å². The van der Waals surface area contributed by atoms with Gasteiger partial charge in [0.15, 0.2) is 5.11 Å². The highest BCUT2D eigenvalue weighted by Gasteiger charge is 2.11. The van der Waals surface area contributed by atoms with Crippen LogP contribution in [0.25, 0.3) is 0 Å². The largest absolute Gasteiger partial charge is 0.362 e. The molecule has 1 fully saturated rings. The molecule has 0 aliphatic heterocycles. The van der Waals surface area contributed by atoms with Gasteiger partial charge in [0, 0.05) is 23.3 Å². The van der Waals surface area contributed by atoms with Crippen LogP contribution in [0.5, 0.6) is 0 Å². The van der Waals surface area contributed by atoms with E-state index in [1.54, 1.807) is 0 Å². The van der Waals surface area contributed by atoms with Crippen molar-refractivity contribution in [3.8, 4) is 0 Å². The Morgan fingerprint density at radius 2 is 2.00 bits per heavy atom. The predicted octanol–water partition coefficient (Wildman–Crippen LogP) is 4.25. The second-order valence-corrected chi connectivity index (χ2v) is 6.83. The molecule has 3 nitrogen and oxygen atoms in total. The molecule has 1 saturated carbocycles. The third kappa shape index (κ3) is 6.11. The van der Waals surface area contributed by atoms with Gasteiger partial charge in [0.2, 0.25) is 0 Å². The number of hydrogen-bond donors (Lipinski definition) is 3. The molecule has 0 bridgehead atoms. The third-order valence-corrected chi connectivity index (χ3v) is 4.60. The van der Waals surface area contributed by atoms with Crippen LogP contribution in [0.15, 0.2) is 18.2 Å². The normalized spacial score (nSPS) is 15.5. The summed E-state index contributed by atoms with van der Waals surface area (Å²) in [7, 11) is 0. The van der Waals surface area contributed by atoms with Crippen molar-refractivity contribution in [1.29, 1.82) is 0 Å². The van der Waals surface area contributed by atoms with Crippen LogP contribution >= 0.6 is 23.8 Å². The first-order valence-corrected chi connectivity index (χ1v) is 8.98. The summed E-state index contributed by atoms with van der Waals surface area (Å²) in [6, 6.07) is 6.49. The summed E-state index contributed by atoms with van der Waals surface area (Å²) in [6.07, 6.45) is 7.92. The van der Waals surface area contributed by atoms with E-state index >= 15 is 0 Å². The standard InChI is InChI=1S/C17H26ClN3S/c1-13-12-14(18)8-9-16(13)21-17(22)20-11-5-10-19-15-6-3-2-4-7-15/h8-9,12,15,19H,2-7,10-11H2,1H3,(H2,20,21,22). The molecule has 0 aromatic heterocycles. The molecule has 1 aliphatic carbocycles. The first kappa shape index (κ1) is 17.5. The van der Waals surface area contributed by atoms with Gasteiger partial charge in [0.05, 0.1) is 0 Å². The van der Waals surface area contributed by atoms with Gasteiger partial charge in [-0.05, 0) is 68.7 Å². The lowest BCUT2D eigenvalue weighted by atomic mass is 9.95. The maximum absolute atomic E-state index is 5.95. The molecule has 0 spiro atoms. The van der Waals surface area contributed by atoms with E-state index in [4.69, 9.17) is 23.8 Å². The Hall–Kier alpha value is -0.840. The second-order valence-electron chi connectivity index (χ2n) is 5.98. The number of nitrogens with one attached hydrogen (secondary N) is 3. The van der Waals surface area contributed by atoms with E-state index in [1.807, 2.05) is 25.1 Å². The van der Waals surface area contributed by atoms with Crippen molar-refractivity contribution < 1.29 is 0 Å². The molecule has 5 heteroatoms. The number of halogens is 1. The van der Waals surface area contributed by atoms with Gasteiger partial charge in [-0.15, -0.1) is 0 Å². The summed E-state index contributed by atoms with van der Waals surface area (Å²) in [4.78, 5) is 0. The predicted molar refractivity (Wildman–Crippen MR) is 99.9 cm³/mol. The second kappa shape index (κ2) is 9.33. The number of benzene rings is 1. The van der Waals surface area contributed by atoms with Crippen molar-refractivity contribution in [2.75, 3.05) is 18.4 Å². The Balaban J connectivity index is 1.59. The molecule has 0 saturated heterocycles. The highest BCUT2D eigenvalue weighted by molar-refractivity contribution is 7.80. The van der Waals surface area contributed by atoms with Crippen molar-refractivity contribution in [3.05, 3.63) is 28.8 Å². The summed E-state index contributed by atoms with van der Waals surface area (Å²) in [6.45, 7) is 3.96. The summed E-state index contributed by atoms with van der Waals surface area (Å²) in [5, 5.41) is 11.5. The zero-order chi connectivity index (χ0) is 15.8. The molecule has 22 heavy (non-hydrogen) atoms. The lowest BCUT2D eigenvalue weighted by molar-refractivity contribution is 0.372. The van der Waals surface area contributed by atoms with Crippen LogP contribution in [0.1, 0.15) is 44.1 Å². The molecule has 0 atom stereocenters. The Bertz CT molecular complexity index is 487. The minimum absolute atomic E-state index is 0.670. The molecular weight excluding hydrogens is 314 g/mol. The van der Waals surface area contributed by atoms with E-state index in [9.17, 15) is 0 Å². The summed E-state index contributed by atoms with van der Waals surface area (Å²) in [5.74, 6) is 0. The summed E-state index contributed by atoms with van der Waals surface area (Å²) < 4.78 is 0. The summed E-state index contributed by atoms with van der Waals surface area (Å²) in [5.41, 5.74) is 2.10.